The van der Waals surface area contributed by atoms with Gasteiger partial charge in [-0.2, -0.15) is 0 Å². The number of H-pyrrole nitrogens is 1. The second-order valence-electron chi connectivity index (χ2n) is 3.87. The molecule has 0 saturated carbocycles. The Hall–Kier alpha value is -2.01. The van der Waals surface area contributed by atoms with Crippen LogP contribution >= 0.6 is 0 Å². The van der Waals surface area contributed by atoms with Crippen molar-refractivity contribution in [3.8, 4) is 11.5 Å². The summed E-state index contributed by atoms with van der Waals surface area (Å²) in [6.07, 6.45) is 3.20. The first-order valence-electron chi connectivity index (χ1n) is 5.63. The molecular formula is C13H16N2O3. The molecule has 1 aromatic carbocycles. The minimum atomic E-state index is -0.629. The molecule has 2 aromatic rings. The van der Waals surface area contributed by atoms with E-state index in [9.17, 15) is 5.11 Å². The lowest BCUT2D eigenvalue weighted by Crippen LogP contribution is -2.04. The molecule has 0 aliphatic rings. The number of methoxy groups -OCH3 is 2. The van der Waals surface area contributed by atoms with Gasteiger partial charge >= 0.3 is 0 Å². The molecule has 0 radical (unpaired) electrons. The van der Waals surface area contributed by atoms with E-state index in [1.165, 1.54) is 0 Å². The Bertz CT molecular complexity index is 497. The van der Waals surface area contributed by atoms with Gasteiger partial charge in [0.25, 0.3) is 0 Å². The van der Waals surface area contributed by atoms with Gasteiger partial charge in [-0.15, -0.1) is 0 Å². The summed E-state index contributed by atoms with van der Waals surface area (Å²) in [5, 5.41) is 10.1. The summed E-state index contributed by atoms with van der Waals surface area (Å²) in [5.74, 6) is 2.00. The zero-order chi connectivity index (χ0) is 13.0. The normalized spacial score (nSPS) is 12.2. The average Bonchev–Trinajstić information content (AvgIpc) is 2.90. The molecule has 5 heteroatoms. The van der Waals surface area contributed by atoms with E-state index < -0.39 is 6.10 Å². The number of benzene rings is 1. The highest BCUT2D eigenvalue weighted by Gasteiger charge is 2.13. The van der Waals surface area contributed by atoms with Crippen molar-refractivity contribution in [3.05, 3.63) is 42.0 Å². The number of imidazole rings is 1. The molecule has 96 valence electrons. The van der Waals surface area contributed by atoms with Crippen LogP contribution in [0.4, 0.5) is 0 Å². The van der Waals surface area contributed by atoms with E-state index in [0.717, 1.165) is 11.4 Å². The lowest BCUT2D eigenvalue weighted by Gasteiger charge is -2.13. The van der Waals surface area contributed by atoms with Crippen LogP contribution in [0.25, 0.3) is 0 Å². The summed E-state index contributed by atoms with van der Waals surface area (Å²) < 4.78 is 10.4. The van der Waals surface area contributed by atoms with E-state index in [1.54, 1.807) is 38.7 Å². The molecule has 1 atom stereocenters. The number of hydrogen-bond acceptors (Lipinski definition) is 4. The third-order valence-corrected chi connectivity index (χ3v) is 2.73. The first-order valence-corrected chi connectivity index (χ1v) is 5.63. The van der Waals surface area contributed by atoms with Crippen molar-refractivity contribution < 1.29 is 14.6 Å². The third-order valence-electron chi connectivity index (χ3n) is 2.73. The molecule has 1 aromatic heterocycles. The predicted octanol–water partition coefficient (Wildman–Crippen LogP) is 1.70. The molecule has 0 amide bonds. The number of nitrogens with zero attached hydrogens (tertiary/aromatic N) is 1. The van der Waals surface area contributed by atoms with Crippen LogP contribution in [-0.4, -0.2) is 29.3 Å². The number of aliphatic hydroxyl groups excluding tert-OH is 1. The van der Waals surface area contributed by atoms with Gasteiger partial charge in [-0.1, -0.05) is 6.07 Å². The standard InChI is InChI=1S/C13H16N2O3/c1-17-11-4-3-9(7-12(11)18-2)10(16)8-13-14-5-6-15-13/h3-7,10,16H,8H2,1-2H3,(H,14,15). The van der Waals surface area contributed by atoms with Gasteiger partial charge in [0.2, 0.25) is 0 Å². The van der Waals surface area contributed by atoms with E-state index in [1.807, 2.05) is 6.07 Å². The Morgan fingerprint density at radius 1 is 1.28 bits per heavy atom. The van der Waals surface area contributed by atoms with Crippen LogP contribution in [0.2, 0.25) is 0 Å². The summed E-state index contributed by atoms with van der Waals surface area (Å²) >= 11 is 0. The highest BCUT2D eigenvalue weighted by Crippen LogP contribution is 2.30. The molecule has 18 heavy (non-hydrogen) atoms. The van der Waals surface area contributed by atoms with E-state index in [-0.39, 0.29) is 0 Å². The van der Waals surface area contributed by atoms with Crippen molar-refractivity contribution in [1.29, 1.82) is 0 Å². The van der Waals surface area contributed by atoms with Crippen LogP contribution < -0.4 is 9.47 Å². The smallest absolute Gasteiger partial charge is 0.161 e. The Labute approximate surface area is 105 Å². The quantitative estimate of drug-likeness (QED) is 0.845. The lowest BCUT2D eigenvalue weighted by atomic mass is 10.1. The molecular weight excluding hydrogens is 232 g/mol. The first-order chi connectivity index (χ1) is 8.74. The third kappa shape index (κ3) is 2.62. The maximum Gasteiger partial charge on any atom is 0.161 e. The zero-order valence-electron chi connectivity index (χ0n) is 10.4. The highest BCUT2D eigenvalue weighted by atomic mass is 16.5. The molecule has 0 saturated heterocycles. The SMILES string of the molecule is COc1ccc(C(O)Cc2ncc[nH]2)cc1OC. The minimum Gasteiger partial charge on any atom is -0.493 e. The number of aromatic amines is 1. The topological polar surface area (TPSA) is 67.4 Å². The van der Waals surface area contributed by atoms with Crippen molar-refractivity contribution in [2.24, 2.45) is 0 Å². The fourth-order valence-electron chi connectivity index (χ4n) is 1.77. The summed E-state index contributed by atoms with van der Waals surface area (Å²) in [7, 11) is 3.15. The minimum absolute atomic E-state index is 0.433. The predicted molar refractivity (Wildman–Crippen MR) is 66.8 cm³/mol. The summed E-state index contributed by atoms with van der Waals surface area (Å²) in [6.45, 7) is 0. The van der Waals surface area contributed by atoms with E-state index in [2.05, 4.69) is 9.97 Å². The van der Waals surface area contributed by atoms with Gasteiger partial charge in [-0.25, -0.2) is 4.98 Å². The second-order valence-corrected chi connectivity index (χ2v) is 3.87. The Balaban J connectivity index is 2.17. The molecule has 0 fully saturated rings. The van der Waals surface area contributed by atoms with Crippen molar-refractivity contribution >= 4 is 0 Å². The molecule has 0 aliphatic heterocycles. The van der Waals surface area contributed by atoms with Gasteiger partial charge in [0.05, 0.1) is 20.3 Å². The largest absolute Gasteiger partial charge is 0.493 e. The monoisotopic (exact) mass is 248 g/mol. The van der Waals surface area contributed by atoms with E-state index >= 15 is 0 Å². The Morgan fingerprint density at radius 2 is 2.06 bits per heavy atom. The molecule has 0 aliphatic carbocycles. The number of hydrogen-bond donors (Lipinski definition) is 2. The Morgan fingerprint density at radius 3 is 2.67 bits per heavy atom. The number of ether oxygens (including phenoxy) is 2. The van der Waals surface area contributed by atoms with Crippen molar-refractivity contribution in [2.45, 2.75) is 12.5 Å². The van der Waals surface area contributed by atoms with Gasteiger partial charge in [-0.3, -0.25) is 0 Å². The van der Waals surface area contributed by atoms with E-state index in [0.29, 0.717) is 17.9 Å². The lowest BCUT2D eigenvalue weighted by molar-refractivity contribution is 0.175. The van der Waals surface area contributed by atoms with Gasteiger partial charge < -0.3 is 19.6 Å². The molecule has 5 nitrogen and oxygen atoms in total. The molecule has 0 bridgehead atoms. The molecule has 0 spiro atoms. The van der Waals surface area contributed by atoms with Crippen LogP contribution in [0.5, 0.6) is 11.5 Å². The van der Waals surface area contributed by atoms with Crippen molar-refractivity contribution in [3.63, 3.8) is 0 Å². The molecule has 1 heterocycles. The summed E-state index contributed by atoms with van der Waals surface area (Å²) in [6, 6.07) is 5.36. The Kier molecular flexibility index (Phi) is 3.84. The van der Waals surface area contributed by atoms with Crippen LogP contribution in [-0.2, 0) is 6.42 Å². The second kappa shape index (κ2) is 5.55. The fraction of sp³-hybridized carbons (Fsp3) is 0.308. The van der Waals surface area contributed by atoms with Gasteiger partial charge in [0.15, 0.2) is 11.5 Å². The number of aromatic nitrogens is 2. The first kappa shape index (κ1) is 12.4. The van der Waals surface area contributed by atoms with Crippen LogP contribution in [0, 0.1) is 0 Å². The number of aliphatic hydroxyl groups is 1. The zero-order valence-corrected chi connectivity index (χ0v) is 10.4. The van der Waals surface area contributed by atoms with Gasteiger partial charge in [0, 0.05) is 18.8 Å². The summed E-state index contributed by atoms with van der Waals surface area (Å²) in [4.78, 5) is 7.05. The van der Waals surface area contributed by atoms with Crippen molar-refractivity contribution in [1.82, 2.24) is 9.97 Å². The number of nitrogens with one attached hydrogen (secondary N) is 1. The van der Waals surface area contributed by atoms with Crippen LogP contribution in [0.3, 0.4) is 0 Å². The molecule has 1 unspecified atom stereocenters. The van der Waals surface area contributed by atoms with Crippen LogP contribution in [0.15, 0.2) is 30.6 Å². The number of rotatable bonds is 5. The summed E-state index contributed by atoms with van der Waals surface area (Å²) in [5.41, 5.74) is 0.768. The maximum absolute atomic E-state index is 10.1. The van der Waals surface area contributed by atoms with Gasteiger partial charge in [-0.05, 0) is 17.7 Å². The molecule has 2 N–H and O–H groups in total. The average molecular weight is 248 g/mol. The fourth-order valence-corrected chi connectivity index (χ4v) is 1.77. The van der Waals surface area contributed by atoms with E-state index in [4.69, 9.17) is 9.47 Å². The van der Waals surface area contributed by atoms with Crippen LogP contribution in [0.1, 0.15) is 17.5 Å². The highest BCUT2D eigenvalue weighted by molar-refractivity contribution is 5.43. The van der Waals surface area contributed by atoms with Gasteiger partial charge in [0.1, 0.15) is 5.82 Å². The molecule has 2 rings (SSSR count). The van der Waals surface area contributed by atoms with Crippen molar-refractivity contribution in [2.75, 3.05) is 14.2 Å². The maximum atomic E-state index is 10.1.